The zero-order valence-corrected chi connectivity index (χ0v) is 9.89. The molecule has 0 radical (unpaired) electrons. The van der Waals surface area contributed by atoms with Crippen molar-refractivity contribution in [2.45, 2.75) is 6.04 Å². The van der Waals surface area contributed by atoms with Crippen LogP contribution in [0.15, 0.2) is 36.4 Å². The highest BCUT2D eigenvalue weighted by atomic mass is 35.5. The number of hydrogen-bond acceptors (Lipinski definition) is 1. The summed E-state index contributed by atoms with van der Waals surface area (Å²) in [6, 6.07) is 5.72. The molecule has 18 heavy (non-hydrogen) atoms. The fourth-order valence-corrected chi connectivity index (χ4v) is 1.92. The van der Waals surface area contributed by atoms with Gasteiger partial charge in [-0.1, -0.05) is 11.6 Å². The summed E-state index contributed by atoms with van der Waals surface area (Å²) in [4.78, 5) is 0. The quantitative estimate of drug-likeness (QED) is 0.883. The predicted octanol–water partition coefficient (Wildman–Crippen LogP) is 3.81. The monoisotopic (exact) mass is 271 g/mol. The molecule has 2 aromatic carbocycles. The van der Waals surface area contributed by atoms with Gasteiger partial charge >= 0.3 is 0 Å². The van der Waals surface area contributed by atoms with Crippen LogP contribution in [0.3, 0.4) is 0 Å². The van der Waals surface area contributed by atoms with Crippen LogP contribution in [-0.2, 0) is 0 Å². The van der Waals surface area contributed by atoms with Crippen LogP contribution in [0.1, 0.15) is 17.2 Å². The van der Waals surface area contributed by atoms with Crippen LogP contribution in [0.5, 0.6) is 0 Å². The molecule has 1 nitrogen and oxygen atoms in total. The number of nitrogens with two attached hydrogens (primary N) is 1. The highest BCUT2D eigenvalue weighted by Crippen LogP contribution is 2.28. The van der Waals surface area contributed by atoms with Crippen molar-refractivity contribution < 1.29 is 13.2 Å². The van der Waals surface area contributed by atoms with E-state index in [0.29, 0.717) is 0 Å². The van der Waals surface area contributed by atoms with E-state index in [4.69, 9.17) is 17.3 Å². The SMILES string of the molecule is NC(c1cc(F)cc(F)c1)c1cc(F)ccc1Cl. The van der Waals surface area contributed by atoms with Crippen molar-refractivity contribution in [2.75, 3.05) is 0 Å². The lowest BCUT2D eigenvalue weighted by molar-refractivity contribution is 0.577. The van der Waals surface area contributed by atoms with Gasteiger partial charge in [0.05, 0.1) is 6.04 Å². The van der Waals surface area contributed by atoms with Gasteiger partial charge in [-0.25, -0.2) is 13.2 Å². The summed E-state index contributed by atoms with van der Waals surface area (Å²) in [5, 5.41) is 0.244. The molecule has 0 aromatic heterocycles. The molecule has 0 fully saturated rings. The molecule has 1 unspecified atom stereocenters. The van der Waals surface area contributed by atoms with Crippen molar-refractivity contribution in [1.82, 2.24) is 0 Å². The molecule has 0 aliphatic rings. The Kier molecular flexibility index (Phi) is 3.59. The van der Waals surface area contributed by atoms with Crippen molar-refractivity contribution >= 4 is 11.6 Å². The van der Waals surface area contributed by atoms with Gasteiger partial charge < -0.3 is 5.73 Å². The van der Waals surface area contributed by atoms with Crippen LogP contribution >= 0.6 is 11.6 Å². The van der Waals surface area contributed by atoms with Crippen LogP contribution < -0.4 is 5.73 Å². The van der Waals surface area contributed by atoms with Gasteiger partial charge in [-0.15, -0.1) is 0 Å². The van der Waals surface area contributed by atoms with Gasteiger partial charge in [0.1, 0.15) is 17.5 Å². The average molecular weight is 272 g/mol. The summed E-state index contributed by atoms with van der Waals surface area (Å²) in [6.07, 6.45) is 0. The summed E-state index contributed by atoms with van der Waals surface area (Å²) >= 11 is 5.89. The van der Waals surface area contributed by atoms with Crippen LogP contribution in [0, 0.1) is 17.5 Å². The van der Waals surface area contributed by atoms with Gasteiger partial charge in [0.15, 0.2) is 0 Å². The molecule has 0 bridgehead atoms. The number of hydrogen-bond donors (Lipinski definition) is 1. The fraction of sp³-hybridized carbons (Fsp3) is 0.0769. The predicted molar refractivity (Wildman–Crippen MR) is 63.8 cm³/mol. The van der Waals surface area contributed by atoms with E-state index in [9.17, 15) is 13.2 Å². The molecule has 0 saturated carbocycles. The van der Waals surface area contributed by atoms with E-state index in [0.717, 1.165) is 24.3 Å². The molecule has 0 amide bonds. The van der Waals surface area contributed by atoms with Crippen LogP contribution in [0.2, 0.25) is 5.02 Å². The largest absolute Gasteiger partial charge is 0.320 e. The molecule has 2 aromatic rings. The van der Waals surface area contributed by atoms with Crippen molar-refractivity contribution in [2.24, 2.45) is 5.73 Å². The van der Waals surface area contributed by atoms with E-state index in [1.54, 1.807) is 0 Å². The second-order valence-electron chi connectivity index (χ2n) is 3.85. The molecule has 94 valence electrons. The Bertz CT molecular complexity index is 566. The van der Waals surface area contributed by atoms with E-state index >= 15 is 0 Å². The fourth-order valence-electron chi connectivity index (χ4n) is 1.69. The maximum Gasteiger partial charge on any atom is 0.126 e. The molecule has 5 heteroatoms. The third kappa shape index (κ3) is 2.66. The van der Waals surface area contributed by atoms with Gasteiger partial charge in [0.25, 0.3) is 0 Å². The molecule has 0 saturated heterocycles. The van der Waals surface area contributed by atoms with E-state index < -0.39 is 23.5 Å². The van der Waals surface area contributed by atoms with Gasteiger partial charge in [0, 0.05) is 11.1 Å². The standard InChI is InChI=1S/C13H9ClF3N/c14-12-2-1-8(15)6-11(12)13(18)7-3-9(16)5-10(17)4-7/h1-6,13H,18H2. The zero-order chi connectivity index (χ0) is 13.3. The molecular weight excluding hydrogens is 263 g/mol. The lowest BCUT2D eigenvalue weighted by Crippen LogP contribution is -2.13. The number of rotatable bonds is 2. The Morgan fingerprint density at radius 3 is 2.11 bits per heavy atom. The number of halogens is 4. The second-order valence-corrected chi connectivity index (χ2v) is 4.25. The molecule has 2 N–H and O–H groups in total. The minimum atomic E-state index is -0.890. The van der Waals surface area contributed by atoms with Crippen molar-refractivity contribution in [3.05, 3.63) is 70.0 Å². The highest BCUT2D eigenvalue weighted by Gasteiger charge is 2.15. The van der Waals surface area contributed by atoms with E-state index in [1.807, 2.05) is 0 Å². The molecule has 1 atom stereocenters. The third-order valence-electron chi connectivity index (χ3n) is 2.54. The maximum atomic E-state index is 13.1. The zero-order valence-electron chi connectivity index (χ0n) is 9.13. The summed E-state index contributed by atoms with van der Waals surface area (Å²) in [6.45, 7) is 0. The first-order chi connectivity index (χ1) is 8.47. The Labute approximate surface area is 107 Å². The summed E-state index contributed by atoms with van der Waals surface area (Å²) < 4.78 is 39.3. The molecule has 0 aliphatic carbocycles. The molecule has 0 spiro atoms. The van der Waals surface area contributed by atoms with Crippen LogP contribution in [-0.4, -0.2) is 0 Å². The van der Waals surface area contributed by atoms with Crippen molar-refractivity contribution in [1.29, 1.82) is 0 Å². The Morgan fingerprint density at radius 1 is 0.889 bits per heavy atom. The minimum Gasteiger partial charge on any atom is -0.320 e. The summed E-state index contributed by atoms with van der Waals surface area (Å²) in [5.41, 5.74) is 6.31. The summed E-state index contributed by atoms with van der Waals surface area (Å²) in [7, 11) is 0. The Morgan fingerprint density at radius 2 is 1.50 bits per heavy atom. The Balaban J connectivity index is 2.47. The first kappa shape index (κ1) is 12.9. The normalized spacial score (nSPS) is 12.5. The van der Waals surface area contributed by atoms with Gasteiger partial charge in [0.2, 0.25) is 0 Å². The van der Waals surface area contributed by atoms with E-state index in [1.165, 1.54) is 12.1 Å². The smallest absolute Gasteiger partial charge is 0.126 e. The van der Waals surface area contributed by atoms with E-state index in [2.05, 4.69) is 0 Å². The molecule has 2 rings (SSSR count). The number of benzene rings is 2. The molecule has 0 aliphatic heterocycles. The molecule has 0 heterocycles. The van der Waals surface area contributed by atoms with Gasteiger partial charge in [-0.3, -0.25) is 0 Å². The summed E-state index contributed by atoms with van der Waals surface area (Å²) in [5.74, 6) is -2.00. The first-order valence-corrected chi connectivity index (χ1v) is 5.51. The van der Waals surface area contributed by atoms with Crippen LogP contribution in [0.25, 0.3) is 0 Å². The first-order valence-electron chi connectivity index (χ1n) is 5.14. The third-order valence-corrected chi connectivity index (χ3v) is 2.88. The average Bonchev–Trinajstić information content (AvgIpc) is 2.30. The van der Waals surface area contributed by atoms with E-state index in [-0.39, 0.29) is 16.1 Å². The van der Waals surface area contributed by atoms with Gasteiger partial charge in [-0.05, 0) is 41.5 Å². The van der Waals surface area contributed by atoms with Gasteiger partial charge in [-0.2, -0.15) is 0 Å². The van der Waals surface area contributed by atoms with Crippen molar-refractivity contribution in [3.8, 4) is 0 Å². The topological polar surface area (TPSA) is 26.0 Å². The second kappa shape index (κ2) is 5.00. The lowest BCUT2D eigenvalue weighted by Gasteiger charge is -2.14. The minimum absolute atomic E-state index is 0.194. The highest BCUT2D eigenvalue weighted by molar-refractivity contribution is 6.31. The molecular formula is C13H9ClF3N. The van der Waals surface area contributed by atoms with Crippen molar-refractivity contribution in [3.63, 3.8) is 0 Å². The maximum absolute atomic E-state index is 13.1. The lowest BCUT2D eigenvalue weighted by atomic mass is 9.99. The Hall–Kier alpha value is -1.52. The van der Waals surface area contributed by atoms with Crippen LogP contribution in [0.4, 0.5) is 13.2 Å².